The molecule has 3 heterocycles. The van der Waals surface area contributed by atoms with Crippen LogP contribution in [0.15, 0.2) is 60.9 Å². The van der Waals surface area contributed by atoms with E-state index >= 15 is 0 Å². The summed E-state index contributed by atoms with van der Waals surface area (Å²) < 4.78 is 0. The smallest absolute Gasteiger partial charge is 0.253 e. The summed E-state index contributed by atoms with van der Waals surface area (Å²) in [4.78, 5) is 35.8. The first-order valence-electron chi connectivity index (χ1n) is 12.3. The van der Waals surface area contributed by atoms with E-state index in [4.69, 9.17) is 0 Å². The molecule has 0 saturated carbocycles. The molecule has 0 fully saturated rings. The Bertz CT molecular complexity index is 1420. The van der Waals surface area contributed by atoms with E-state index in [1.54, 1.807) is 26.0 Å². The fourth-order valence-electron chi connectivity index (χ4n) is 4.82. The maximum atomic E-state index is 12.2. The predicted octanol–water partition coefficient (Wildman–Crippen LogP) is 4.09. The number of hydrogen-bond acceptors (Lipinski definition) is 4. The van der Waals surface area contributed by atoms with Crippen molar-refractivity contribution in [1.82, 2.24) is 25.1 Å². The molecular weight excluding hydrogens is 450 g/mol. The molecule has 0 spiro atoms. The van der Waals surface area contributed by atoms with Crippen LogP contribution in [0.3, 0.4) is 0 Å². The van der Waals surface area contributed by atoms with Gasteiger partial charge in [0.25, 0.3) is 5.91 Å². The quantitative estimate of drug-likeness (QED) is 0.435. The van der Waals surface area contributed by atoms with Gasteiger partial charge in [-0.2, -0.15) is 0 Å². The Kier molecular flexibility index (Phi) is 6.57. The first kappa shape index (κ1) is 23.8. The number of fused-ring (bicyclic) bond motifs is 2. The fourth-order valence-corrected chi connectivity index (χ4v) is 4.82. The van der Waals surface area contributed by atoms with E-state index in [2.05, 4.69) is 44.5 Å². The molecule has 0 atom stereocenters. The molecule has 1 aliphatic heterocycles. The third-order valence-electron chi connectivity index (χ3n) is 6.94. The van der Waals surface area contributed by atoms with Crippen molar-refractivity contribution in [2.75, 3.05) is 34.2 Å². The maximum absolute atomic E-state index is 12.2. The number of aromatic nitrogens is 2. The third-order valence-corrected chi connectivity index (χ3v) is 6.94. The monoisotopic (exact) mass is 481 g/mol. The molecule has 0 radical (unpaired) electrons. The lowest BCUT2D eigenvalue weighted by Gasteiger charge is -2.29. The van der Waals surface area contributed by atoms with E-state index in [9.17, 15) is 9.59 Å². The number of hydrogen-bond donors (Lipinski definition) is 2. The summed E-state index contributed by atoms with van der Waals surface area (Å²) in [6, 6.07) is 16.6. The lowest BCUT2D eigenvalue weighted by molar-refractivity contribution is -0.121. The van der Waals surface area contributed by atoms with E-state index < -0.39 is 0 Å². The molecule has 4 aromatic rings. The van der Waals surface area contributed by atoms with Gasteiger partial charge < -0.3 is 15.2 Å². The number of nitrogens with zero attached hydrogens (tertiary/aromatic N) is 3. The number of rotatable bonds is 6. The highest BCUT2D eigenvalue weighted by atomic mass is 16.2. The third kappa shape index (κ3) is 4.75. The van der Waals surface area contributed by atoms with Gasteiger partial charge in [-0.15, -0.1) is 0 Å². The number of amides is 2. The minimum Gasteiger partial charge on any atom is -0.359 e. The highest BCUT2D eigenvalue weighted by molar-refractivity contribution is 5.98. The normalized spacial score (nSPS) is 13.4. The van der Waals surface area contributed by atoms with E-state index in [0.717, 1.165) is 59.3 Å². The average molecular weight is 482 g/mol. The lowest BCUT2D eigenvalue weighted by Crippen LogP contribution is -2.33. The van der Waals surface area contributed by atoms with Gasteiger partial charge in [-0.05, 0) is 52.9 Å². The Hall–Kier alpha value is -3.97. The van der Waals surface area contributed by atoms with Crippen LogP contribution in [0.4, 0.5) is 0 Å². The van der Waals surface area contributed by atoms with Gasteiger partial charge in [0, 0.05) is 81.7 Å². The highest BCUT2D eigenvalue weighted by Crippen LogP contribution is 2.32. The minimum atomic E-state index is -0.0102. The van der Waals surface area contributed by atoms with Crippen molar-refractivity contribution >= 4 is 22.8 Å². The molecule has 7 nitrogen and oxygen atoms in total. The molecule has 0 bridgehead atoms. The molecule has 2 aromatic heterocycles. The van der Waals surface area contributed by atoms with E-state index in [-0.39, 0.29) is 11.8 Å². The molecule has 0 saturated heterocycles. The molecule has 1 aliphatic rings. The number of H-pyrrole nitrogens is 1. The van der Waals surface area contributed by atoms with Gasteiger partial charge in [-0.25, -0.2) is 4.98 Å². The molecule has 0 unspecified atom stereocenters. The molecule has 7 heteroatoms. The molecule has 2 N–H and O–H groups in total. The summed E-state index contributed by atoms with van der Waals surface area (Å²) in [7, 11) is 5.19. The van der Waals surface area contributed by atoms with Crippen molar-refractivity contribution in [3.8, 4) is 22.3 Å². The van der Waals surface area contributed by atoms with Crippen LogP contribution < -0.4 is 5.32 Å². The van der Waals surface area contributed by atoms with Gasteiger partial charge in [-0.3, -0.25) is 14.5 Å². The average Bonchev–Trinajstić information content (AvgIpc) is 3.34. The predicted molar refractivity (Wildman–Crippen MR) is 143 cm³/mol. The van der Waals surface area contributed by atoms with Crippen LogP contribution in [-0.4, -0.2) is 65.8 Å². The molecule has 184 valence electrons. The summed E-state index contributed by atoms with van der Waals surface area (Å²) in [5.74, 6) is 0.0687. The summed E-state index contributed by atoms with van der Waals surface area (Å²) in [5, 5.41) is 3.75. The zero-order chi connectivity index (χ0) is 25.2. The number of carbonyl (C=O) groups excluding carboxylic acids is 2. The van der Waals surface area contributed by atoms with Crippen molar-refractivity contribution in [3.05, 3.63) is 77.6 Å². The first-order valence-corrected chi connectivity index (χ1v) is 12.3. The SMILES string of the molecule is CNC(=O)CCN1CCc2ccc(-c3cnc4[nH]cc(-c5ccc(C(=O)N(C)C)cc5)c4c3)cc2C1. The molecule has 0 aliphatic carbocycles. The number of nitrogens with one attached hydrogen (secondary N) is 2. The lowest BCUT2D eigenvalue weighted by atomic mass is 9.94. The number of aromatic amines is 1. The van der Waals surface area contributed by atoms with E-state index in [0.29, 0.717) is 12.0 Å². The van der Waals surface area contributed by atoms with Crippen molar-refractivity contribution < 1.29 is 9.59 Å². The maximum Gasteiger partial charge on any atom is 0.253 e. The highest BCUT2D eigenvalue weighted by Gasteiger charge is 2.18. The van der Waals surface area contributed by atoms with Crippen molar-refractivity contribution in [2.45, 2.75) is 19.4 Å². The summed E-state index contributed by atoms with van der Waals surface area (Å²) in [6.45, 7) is 2.59. The zero-order valence-corrected chi connectivity index (χ0v) is 21.0. The van der Waals surface area contributed by atoms with Gasteiger partial charge in [0.2, 0.25) is 5.91 Å². The molecular formula is C29H31N5O2. The molecule has 2 amide bonds. The number of pyridine rings is 1. The second kappa shape index (κ2) is 9.95. The van der Waals surface area contributed by atoms with Crippen molar-refractivity contribution in [2.24, 2.45) is 0 Å². The Balaban J connectivity index is 1.41. The van der Waals surface area contributed by atoms with Crippen LogP contribution in [0.2, 0.25) is 0 Å². The Morgan fingerprint density at radius 1 is 1.03 bits per heavy atom. The second-order valence-electron chi connectivity index (χ2n) is 9.53. The van der Waals surface area contributed by atoms with Gasteiger partial charge in [-0.1, -0.05) is 24.3 Å². The van der Waals surface area contributed by atoms with E-state index in [1.807, 2.05) is 36.7 Å². The van der Waals surface area contributed by atoms with Crippen LogP contribution in [0.25, 0.3) is 33.3 Å². The van der Waals surface area contributed by atoms with Crippen LogP contribution >= 0.6 is 0 Å². The fraction of sp³-hybridized carbons (Fsp3) is 0.276. The zero-order valence-electron chi connectivity index (χ0n) is 21.0. The Morgan fingerprint density at radius 3 is 2.56 bits per heavy atom. The number of carbonyl (C=O) groups is 2. The Labute approximate surface area is 211 Å². The van der Waals surface area contributed by atoms with Crippen LogP contribution in [0.1, 0.15) is 27.9 Å². The van der Waals surface area contributed by atoms with Gasteiger partial charge >= 0.3 is 0 Å². The van der Waals surface area contributed by atoms with E-state index in [1.165, 1.54) is 11.1 Å². The van der Waals surface area contributed by atoms with Gasteiger partial charge in [0.05, 0.1) is 0 Å². The number of benzene rings is 2. The van der Waals surface area contributed by atoms with Crippen LogP contribution in [0.5, 0.6) is 0 Å². The molecule has 2 aromatic carbocycles. The Morgan fingerprint density at radius 2 is 1.81 bits per heavy atom. The molecule has 36 heavy (non-hydrogen) atoms. The standard InChI is InChI=1S/C29H31N5O2/c1-30-27(35)11-13-34-12-10-19-4-9-22(14-24(19)18-34)23-15-25-26(17-32-28(25)31-16-23)20-5-7-21(8-6-20)29(36)33(2)3/h4-9,14-17H,10-13,18H2,1-3H3,(H,30,35)(H,31,32). The van der Waals surface area contributed by atoms with Crippen LogP contribution in [0, 0.1) is 0 Å². The summed E-state index contributed by atoms with van der Waals surface area (Å²) in [6.07, 6.45) is 5.40. The molecule has 5 rings (SSSR count). The largest absolute Gasteiger partial charge is 0.359 e. The van der Waals surface area contributed by atoms with Crippen molar-refractivity contribution in [3.63, 3.8) is 0 Å². The topological polar surface area (TPSA) is 81.3 Å². The van der Waals surface area contributed by atoms with Crippen molar-refractivity contribution in [1.29, 1.82) is 0 Å². The van der Waals surface area contributed by atoms with Gasteiger partial charge in [0.1, 0.15) is 5.65 Å². The summed E-state index contributed by atoms with van der Waals surface area (Å²) >= 11 is 0. The minimum absolute atomic E-state index is 0.0102. The van der Waals surface area contributed by atoms with Crippen LogP contribution in [-0.2, 0) is 17.8 Å². The van der Waals surface area contributed by atoms with Gasteiger partial charge in [0.15, 0.2) is 0 Å². The first-order chi connectivity index (χ1) is 17.4. The summed E-state index contributed by atoms with van der Waals surface area (Å²) in [5.41, 5.74) is 8.48. The second-order valence-corrected chi connectivity index (χ2v) is 9.53.